The first-order chi connectivity index (χ1) is 27.5. The SMILES string of the molecule is Br.C.C.Cc1nc(N)sc1-c1ccnc(C(C)(C)C(F)(F)F)c1.Cc1nc(NC(=O)Oc2ccccc2)sc1-c1ccnc(C(C)(C)C(F)(F)F)c1.O=C(Cl)Oc1ccccc1. The summed E-state index contributed by atoms with van der Waals surface area (Å²) in [5.41, 5.74) is 3.08. The lowest BCUT2D eigenvalue weighted by Gasteiger charge is -2.27. The van der Waals surface area contributed by atoms with Crippen LogP contribution in [0.4, 0.5) is 46.2 Å². The monoisotopic (exact) mass is 990 g/mol. The number of para-hydroxylation sites is 2. The molecule has 0 aliphatic rings. The Bertz CT molecular complexity index is 2360. The second kappa shape index (κ2) is 22.8. The van der Waals surface area contributed by atoms with Crippen LogP contribution in [0.2, 0.25) is 0 Å². The zero-order chi connectivity index (χ0) is 43.8. The molecule has 6 aromatic rings. The third-order valence-electron chi connectivity index (χ3n) is 8.46. The number of alkyl halides is 6. The maximum atomic E-state index is 13.3. The van der Waals surface area contributed by atoms with Gasteiger partial charge in [-0.15, -0.1) is 17.0 Å². The molecule has 0 saturated heterocycles. The molecule has 3 N–H and O–H groups in total. The molecule has 0 bridgehead atoms. The Labute approximate surface area is 379 Å². The summed E-state index contributed by atoms with van der Waals surface area (Å²) in [6.45, 7) is 7.90. The second-order valence-corrected chi connectivity index (χ2v) is 15.8. The summed E-state index contributed by atoms with van der Waals surface area (Å²) in [6.07, 6.45) is -6.78. The molecule has 0 saturated carbocycles. The van der Waals surface area contributed by atoms with Gasteiger partial charge in [0.1, 0.15) is 22.3 Å². The number of pyridine rings is 2. The molecule has 336 valence electrons. The number of amides is 1. The van der Waals surface area contributed by atoms with Crippen molar-refractivity contribution in [3.8, 4) is 32.4 Å². The van der Waals surface area contributed by atoms with Crippen LogP contribution in [0.25, 0.3) is 20.9 Å². The number of hydrogen-bond acceptors (Lipinski definition) is 11. The molecule has 1 amide bonds. The summed E-state index contributed by atoms with van der Waals surface area (Å²) in [4.78, 5) is 39.7. The van der Waals surface area contributed by atoms with Gasteiger partial charge in [-0.25, -0.2) is 19.6 Å². The van der Waals surface area contributed by atoms with Crippen LogP contribution in [0, 0.1) is 13.8 Å². The van der Waals surface area contributed by atoms with E-state index in [4.69, 9.17) is 22.1 Å². The lowest BCUT2D eigenvalue weighted by Crippen LogP contribution is -2.37. The van der Waals surface area contributed by atoms with Crippen LogP contribution < -0.4 is 20.5 Å². The van der Waals surface area contributed by atoms with Gasteiger partial charge in [0.15, 0.2) is 10.3 Å². The van der Waals surface area contributed by atoms with Gasteiger partial charge in [-0.3, -0.25) is 15.3 Å². The van der Waals surface area contributed by atoms with Crippen molar-refractivity contribution in [1.82, 2.24) is 19.9 Å². The molecule has 4 aromatic heterocycles. The summed E-state index contributed by atoms with van der Waals surface area (Å²) in [7, 11) is 0. The lowest BCUT2D eigenvalue weighted by atomic mass is 9.87. The molecule has 4 heterocycles. The number of anilines is 2. The highest BCUT2D eigenvalue weighted by atomic mass is 79.9. The van der Waals surface area contributed by atoms with Crippen molar-refractivity contribution in [2.24, 2.45) is 0 Å². The Morgan fingerprint density at radius 3 is 1.45 bits per heavy atom. The predicted octanol–water partition coefficient (Wildman–Crippen LogP) is 14.2. The molecule has 20 heteroatoms. The smallest absolute Gasteiger partial charge is 0.415 e. The standard InChI is InChI=1S/C20H18F3N3O2S.C13H14F3N3S.C7H5ClO2.2CH4.BrH/c1-12-16(13-9-10-24-15(11-13)19(2,3)20(21,22)23)29-17(25-12)26-18(27)28-14-7-5-4-6-8-14;1-7-10(20-11(17)19-7)8-4-5-18-9(6-8)12(2,3)13(14,15)16;8-7(9)10-6-4-2-1-3-5-6;;;/h4-11H,1-3H3,(H,25,26,27);4-6H,1-3H3,(H2,17,19);1-5H;2*1H4;1H. The summed E-state index contributed by atoms with van der Waals surface area (Å²) in [6, 6.07) is 23.3. The third kappa shape index (κ3) is 14.5. The number of nitrogens with two attached hydrogens (primary N) is 1. The van der Waals surface area contributed by atoms with Crippen molar-refractivity contribution in [3.05, 3.63) is 120 Å². The van der Waals surface area contributed by atoms with Gasteiger partial charge in [0.2, 0.25) is 0 Å². The molecule has 0 aliphatic carbocycles. The van der Waals surface area contributed by atoms with E-state index < -0.39 is 34.7 Å². The van der Waals surface area contributed by atoms with Crippen LogP contribution in [0.1, 0.15) is 65.3 Å². The van der Waals surface area contributed by atoms with E-state index in [1.807, 2.05) is 6.07 Å². The molecule has 62 heavy (non-hydrogen) atoms. The van der Waals surface area contributed by atoms with Gasteiger partial charge >= 0.3 is 23.9 Å². The molecule has 0 atom stereocenters. The molecule has 0 fully saturated rings. The minimum absolute atomic E-state index is 0. The minimum atomic E-state index is -4.44. The van der Waals surface area contributed by atoms with Gasteiger partial charge in [0.05, 0.1) is 32.5 Å². The number of nitrogen functional groups attached to an aromatic ring is 1. The Morgan fingerprint density at radius 1 is 0.661 bits per heavy atom. The molecule has 0 radical (unpaired) electrons. The largest absolute Gasteiger partial charge is 0.418 e. The van der Waals surface area contributed by atoms with E-state index in [1.165, 1.54) is 35.9 Å². The topological polar surface area (TPSA) is 142 Å². The zero-order valence-corrected chi connectivity index (χ0v) is 36.7. The van der Waals surface area contributed by atoms with E-state index in [-0.39, 0.29) is 48.4 Å². The van der Waals surface area contributed by atoms with Crippen molar-refractivity contribution in [2.75, 3.05) is 11.1 Å². The van der Waals surface area contributed by atoms with Crippen molar-refractivity contribution < 1.29 is 45.4 Å². The Morgan fingerprint density at radius 2 is 1.06 bits per heavy atom. The van der Waals surface area contributed by atoms with E-state index in [0.717, 1.165) is 43.9 Å². The number of carbonyl (C=O) groups excluding carboxylic acids is 2. The molecule has 0 spiro atoms. The van der Waals surface area contributed by atoms with E-state index >= 15 is 0 Å². The number of aryl methyl sites for hydroxylation is 2. The lowest BCUT2D eigenvalue weighted by molar-refractivity contribution is -0.181. The number of ether oxygens (including phenoxy) is 2. The summed E-state index contributed by atoms with van der Waals surface area (Å²) >= 11 is 7.35. The number of aromatic nitrogens is 4. The van der Waals surface area contributed by atoms with Crippen LogP contribution in [0.5, 0.6) is 11.5 Å². The first-order valence-electron chi connectivity index (χ1n) is 17.2. The van der Waals surface area contributed by atoms with Crippen molar-refractivity contribution in [2.45, 2.75) is 79.6 Å². The molecule has 10 nitrogen and oxygen atoms in total. The third-order valence-corrected chi connectivity index (χ3v) is 10.7. The van der Waals surface area contributed by atoms with E-state index in [9.17, 15) is 35.9 Å². The maximum absolute atomic E-state index is 13.3. The molecule has 2 aromatic carbocycles. The average molecular weight is 992 g/mol. The fourth-order valence-electron chi connectivity index (χ4n) is 4.81. The molecule has 0 unspecified atom stereocenters. The number of halogens is 8. The van der Waals surface area contributed by atoms with Gasteiger partial charge in [0.25, 0.3) is 0 Å². The van der Waals surface area contributed by atoms with Crippen LogP contribution in [-0.2, 0) is 10.8 Å². The van der Waals surface area contributed by atoms with Gasteiger partial charge in [-0.2, -0.15) is 26.3 Å². The predicted molar refractivity (Wildman–Crippen MR) is 241 cm³/mol. The Hall–Kier alpha value is -5.11. The van der Waals surface area contributed by atoms with Crippen LogP contribution in [0.3, 0.4) is 0 Å². The fourth-order valence-corrected chi connectivity index (χ4v) is 6.68. The van der Waals surface area contributed by atoms with E-state index in [0.29, 0.717) is 44.0 Å². The molecular formula is C42H46BrClF6N6O4S2. The van der Waals surface area contributed by atoms with E-state index in [2.05, 4.69) is 30.0 Å². The van der Waals surface area contributed by atoms with E-state index in [1.54, 1.807) is 80.6 Å². The number of benzene rings is 2. The Kier molecular flexibility index (Phi) is 20.2. The number of nitrogens with one attached hydrogen (secondary N) is 1. The van der Waals surface area contributed by atoms with Crippen LogP contribution in [-0.4, -0.2) is 43.8 Å². The number of carbonyl (C=O) groups is 2. The number of nitrogens with zero attached hydrogens (tertiary/aromatic N) is 4. The number of hydrogen-bond donors (Lipinski definition) is 2. The highest BCUT2D eigenvalue weighted by molar-refractivity contribution is 8.93. The molecule has 0 aliphatic heterocycles. The van der Waals surface area contributed by atoms with Crippen LogP contribution in [0.15, 0.2) is 97.3 Å². The minimum Gasteiger partial charge on any atom is -0.415 e. The first-order valence-corrected chi connectivity index (χ1v) is 19.2. The van der Waals surface area contributed by atoms with Crippen molar-refractivity contribution >= 4 is 73.0 Å². The first kappa shape index (κ1) is 54.9. The Balaban J connectivity index is 0.000000506. The molecule has 6 rings (SSSR count). The zero-order valence-electron chi connectivity index (χ0n) is 32.6. The highest BCUT2D eigenvalue weighted by Crippen LogP contribution is 2.43. The number of thiazole rings is 2. The number of rotatable bonds is 7. The second-order valence-electron chi connectivity index (χ2n) is 13.5. The highest BCUT2D eigenvalue weighted by Gasteiger charge is 2.50. The summed E-state index contributed by atoms with van der Waals surface area (Å²) in [5, 5.41) is 3.22. The fraction of sp³-hybridized carbons (Fsp3) is 0.286. The average Bonchev–Trinajstić information content (AvgIpc) is 3.70. The van der Waals surface area contributed by atoms with Gasteiger partial charge in [-0.1, -0.05) is 73.9 Å². The van der Waals surface area contributed by atoms with Crippen molar-refractivity contribution in [1.29, 1.82) is 0 Å². The van der Waals surface area contributed by atoms with Crippen molar-refractivity contribution in [3.63, 3.8) is 0 Å². The van der Waals surface area contributed by atoms with Gasteiger partial charge < -0.3 is 15.2 Å². The van der Waals surface area contributed by atoms with Crippen LogP contribution >= 0.6 is 51.3 Å². The maximum Gasteiger partial charge on any atom is 0.418 e. The van der Waals surface area contributed by atoms with Gasteiger partial charge in [0, 0.05) is 24.0 Å². The normalized spacial score (nSPS) is 11.1. The molecular weight excluding hydrogens is 946 g/mol. The summed E-state index contributed by atoms with van der Waals surface area (Å²) in [5.74, 6) is 0.842. The summed E-state index contributed by atoms with van der Waals surface area (Å²) < 4.78 is 88.9. The van der Waals surface area contributed by atoms with Gasteiger partial charge in [-0.05, 0) is 101 Å². The quantitative estimate of drug-likeness (QED) is 0.118.